The van der Waals surface area contributed by atoms with E-state index >= 15 is 0 Å². The fourth-order valence-corrected chi connectivity index (χ4v) is 9.92. The Labute approximate surface area is 264 Å². The van der Waals surface area contributed by atoms with E-state index < -0.39 is 31.3 Å². The van der Waals surface area contributed by atoms with E-state index in [9.17, 15) is 26.4 Å². The van der Waals surface area contributed by atoms with E-state index in [-0.39, 0.29) is 45.1 Å². The van der Waals surface area contributed by atoms with E-state index in [0.717, 1.165) is 12.8 Å². The van der Waals surface area contributed by atoms with Gasteiger partial charge in [-0.15, -0.1) is 0 Å². The molecule has 6 rings (SSSR count). The van der Waals surface area contributed by atoms with Gasteiger partial charge in [-0.1, -0.05) is 31.2 Å². The zero-order valence-electron chi connectivity index (χ0n) is 26.1. The van der Waals surface area contributed by atoms with Crippen molar-refractivity contribution in [3.05, 3.63) is 48.0 Å². The van der Waals surface area contributed by atoms with Gasteiger partial charge < -0.3 is 14.2 Å². The number of likely N-dealkylation sites (tertiary alicyclic amines) is 2. The topological polar surface area (TPSA) is 147 Å². The van der Waals surface area contributed by atoms with E-state index in [1.807, 2.05) is 0 Å². The second-order valence-electron chi connectivity index (χ2n) is 14.0. The van der Waals surface area contributed by atoms with E-state index in [2.05, 4.69) is 16.6 Å². The molecule has 11 nitrogen and oxygen atoms in total. The Bertz CT molecular complexity index is 1860. The molecule has 0 unspecified atom stereocenters. The molecule has 3 aromatic rings. The molecule has 3 saturated heterocycles. The van der Waals surface area contributed by atoms with Gasteiger partial charge in [-0.2, -0.15) is 4.98 Å². The third-order valence-corrected chi connectivity index (χ3v) is 12.6. The van der Waals surface area contributed by atoms with Gasteiger partial charge in [-0.05, 0) is 69.9 Å². The predicted molar refractivity (Wildman–Crippen MR) is 170 cm³/mol. The number of benzene rings is 2. The van der Waals surface area contributed by atoms with Gasteiger partial charge in [-0.3, -0.25) is 9.59 Å². The maximum atomic E-state index is 13.9. The van der Waals surface area contributed by atoms with Gasteiger partial charge in [0.25, 0.3) is 11.8 Å². The number of amides is 2. The summed E-state index contributed by atoms with van der Waals surface area (Å²) in [5.41, 5.74) is -0.456. The van der Waals surface area contributed by atoms with Gasteiger partial charge in [0.2, 0.25) is 10.0 Å². The minimum atomic E-state index is -3.90. The zero-order chi connectivity index (χ0) is 32.4. The van der Waals surface area contributed by atoms with Crippen LogP contribution in [0.4, 0.5) is 0 Å². The summed E-state index contributed by atoms with van der Waals surface area (Å²) in [6, 6.07) is 10.1. The SMILES string of the molecule is CC1CCN(C(=O)c2nc(C(=O)N3CC4(CCS(=O)(=O)CC4)C3)oc2-c2ccc(S(=O)(=O)NC(C)(C)C)c3ccccc23)CC1. The van der Waals surface area contributed by atoms with Crippen LogP contribution in [0.25, 0.3) is 22.1 Å². The molecule has 1 spiro atoms. The van der Waals surface area contributed by atoms with Crippen LogP contribution in [0.15, 0.2) is 45.7 Å². The van der Waals surface area contributed by atoms with Crippen molar-refractivity contribution >= 4 is 42.4 Å². The summed E-state index contributed by atoms with van der Waals surface area (Å²) in [4.78, 5) is 35.5. The summed E-state index contributed by atoms with van der Waals surface area (Å²) in [6.07, 6.45) is 2.73. The highest BCUT2D eigenvalue weighted by Gasteiger charge is 2.49. The molecule has 0 radical (unpaired) electrons. The Morgan fingerprint density at radius 3 is 2.20 bits per heavy atom. The number of hydrogen-bond acceptors (Lipinski definition) is 8. The molecular weight excluding hydrogens is 617 g/mol. The summed E-state index contributed by atoms with van der Waals surface area (Å²) in [6.45, 7) is 9.38. The van der Waals surface area contributed by atoms with Crippen LogP contribution in [0.2, 0.25) is 0 Å². The van der Waals surface area contributed by atoms with E-state index in [1.54, 1.807) is 60.9 Å². The number of piperidine rings is 1. The zero-order valence-corrected chi connectivity index (χ0v) is 27.8. The number of oxazole rings is 1. The lowest BCUT2D eigenvalue weighted by atomic mass is 9.75. The molecule has 0 saturated carbocycles. The van der Waals surface area contributed by atoms with E-state index in [0.29, 0.717) is 61.3 Å². The molecule has 3 aliphatic rings. The molecule has 0 atom stereocenters. The number of sulfonamides is 1. The summed E-state index contributed by atoms with van der Waals surface area (Å²) >= 11 is 0. The number of fused-ring (bicyclic) bond motifs is 1. The number of nitrogens with one attached hydrogen (secondary N) is 1. The van der Waals surface area contributed by atoms with Crippen molar-refractivity contribution in [2.75, 3.05) is 37.7 Å². The lowest BCUT2D eigenvalue weighted by Crippen LogP contribution is -2.60. The number of nitrogens with zero attached hydrogens (tertiary/aromatic N) is 3. The van der Waals surface area contributed by atoms with Crippen molar-refractivity contribution in [2.45, 2.75) is 63.8 Å². The minimum absolute atomic E-state index is 0.0143. The van der Waals surface area contributed by atoms with Gasteiger partial charge >= 0.3 is 5.91 Å². The average Bonchev–Trinajstić information content (AvgIpc) is 3.39. The van der Waals surface area contributed by atoms with Gasteiger partial charge in [0.1, 0.15) is 9.84 Å². The van der Waals surface area contributed by atoms with Crippen molar-refractivity contribution in [2.24, 2.45) is 11.3 Å². The molecule has 0 bridgehead atoms. The van der Waals surface area contributed by atoms with Crippen LogP contribution in [0.5, 0.6) is 0 Å². The van der Waals surface area contributed by atoms with Crippen LogP contribution >= 0.6 is 0 Å². The molecule has 1 N–H and O–H groups in total. The molecule has 4 heterocycles. The molecule has 13 heteroatoms. The monoisotopic (exact) mass is 656 g/mol. The van der Waals surface area contributed by atoms with Gasteiger partial charge in [0, 0.05) is 48.1 Å². The fourth-order valence-electron chi connectivity index (χ4n) is 6.59. The van der Waals surface area contributed by atoms with Crippen LogP contribution in [0.3, 0.4) is 0 Å². The predicted octanol–water partition coefficient (Wildman–Crippen LogP) is 4.09. The van der Waals surface area contributed by atoms with E-state index in [1.165, 1.54) is 6.07 Å². The van der Waals surface area contributed by atoms with Crippen molar-refractivity contribution in [1.29, 1.82) is 0 Å². The highest BCUT2D eigenvalue weighted by atomic mass is 32.2. The van der Waals surface area contributed by atoms with Gasteiger partial charge in [-0.25, -0.2) is 21.6 Å². The maximum Gasteiger partial charge on any atom is 0.309 e. The number of sulfone groups is 1. The highest BCUT2D eigenvalue weighted by molar-refractivity contribution is 7.91. The summed E-state index contributed by atoms with van der Waals surface area (Å²) in [7, 11) is -6.93. The highest BCUT2D eigenvalue weighted by Crippen LogP contribution is 2.42. The number of aromatic nitrogens is 1. The summed E-state index contributed by atoms with van der Waals surface area (Å²) in [5.74, 6) is -0.161. The first-order valence-electron chi connectivity index (χ1n) is 15.4. The Hall–Kier alpha value is -3.29. The van der Waals surface area contributed by atoms with Crippen molar-refractivity contribution in [3.63, 3.8) is 0 Å². The molecule has 0 aliphatic carbocycles. The summed E-state index contributed by atoms with van der Waals surface area (Å²) < 4.78 is 59.6. The van der Waals surface area contributed by atoms with Crippen LogP contribution in [0.1, 0.15) is 74.6 Å². The maximum absolute atomic E-state index is 13.9. The first-order valence-corrected chi connectivity index (χ1v) is 18.7. The first-order chi connectivity index (χ1) is 21.1. The third-order valence-electron chi connectivity index (χ3n) is 9.17. The molecule has 2 aromatic carbocycles. The number of carbonyl (C=O) groups is 2. The average molecular weight is 657 g/mol. The number of hydrogen-bond donors (Lipinski definition) is 1. The summed E-state index contributed by atoms with van der Waals surface area (Å²) in [5, 5.41) is 0.982. The van der Waals surface area contributed by atoms with Crippen molar-refractivity contribution in [3.8, 4) is 11.3 Å². The minimum Gasteiger partial charge on any atom is -0.431 e. The lowest BCUT2D eigenvalue weighted by Gasteiger charge is -2.51. The second-order valence-corrected chi connectivity index (χ2v) is 18.0. The molecule has 45 heavy (non-hydrogen) atoms. The van der Waals surface area contributed by atoms with Crippen molar-refractivity contribution < 1.29 is 30.8 Å². The molecule has 2 amide bonds. The standard InChI is InChI=1S/C32H40N4O7S2/c1-21-11-15-35(16-12-21)29(37)26-27(43-28(33-26)30(38)36-19-32(20-36)13-17-44(39,40)18-14-32)24-9-10-25(23-8-6-5-7-22(23)24)45(41,42)34-31(2,3)4/h5-10,21,34H,11-20H2,1-4H3. The Kier molecular flexibility index (Phi) is 7.89. The second kappa shape index (κ2) is 11.2. The molecular formula is C32H40N4O7S2. The Balaban J connectivity index is 1.39. The first kappa shape index (κ1) is 31.7. The van der Waals surface area contributed by atoms with Gasteiger partial charge in [0.05, 0.1) is 16.4 Å². The van der Waals surface area contributed by atoms with Crippen molar-refractivity contribution in [1.82, 2.24) is 19.5 Å². The van der Waals surface area contributed by atoms with Crippen LogP contribution in [-0.4, -0.2) is 86.7 Å². The normalized spacial score (nSPS) is 20.4. The molecule has 242 valence electrons. The quantitative estimate of drug-likeness (QED) is 0.432. The third kappa shape index (κ3) is 6.26. The molecule has 3 fully saturated rings. The fraction of sp³-hybridized carbons (Fsp3) is 0.531. The van der Waals surface area contributed by atoms with Crippen LogP contribution < -0.4 is 4.72 Å². The largest absolute Gasteiger partial charge is 0.431 e. The number of rotatable bonds is 5. The molecule has 3 aliphatic heterocycles. The Morgan fingerprint density at radius 2 is 1.58 bits per heavy atom. The van der Waals surface area contributed by atoms with Crippen LogP contribution in [0, 0.1) is 11.3 Å². The van der Waals surface area contributed by atoms with Crippen LogP contribution in [-0.2, 0) is 19.9 Å². The smallest absolute Gasteiger partial charge is 0.309 e. The number of carbonyl (C=O) groups excluding carboxylic acids is 2. The Morgan fingerprint density at radius 1 is 0.956 bits per heavy atom. The van der Waals surface area contributed by atoms with E-state index in [4.69, 9.17) is 4.42 Å². The molecule has 1 aromatic heterocycles. The van der Waals surface area contributed by atoms with Gasteiger partial charge in [0.15, 0.2) is 11.5 Å². The lowest BCUT2D eigenvalue weighted by molar-refractivity contribution is -0.00234.